The highest BCUT2D eigenvalue weighted by Crippen LogP contribution is 2.29. The average Bonchev–Trinajstić information content (AvgIpc) is 2.89. The van der Waals surface area contributed by atoms with Gasteiger partial charge in [0.1, 0.15) is 5.75 Å². The topological polar surface area (TPSA) is 21.3 Å². The van der Waals surface area contributed by atoms with E-state index in [1.807, 2.05) is 12.1 Å². The molecule has 1 aliphatic heterocycles. The van der Waals surface area contributed by atoms with Crippen LogP contribution in [-0.2, 0) is 13.0 Å². The molecule has 0 aromatic heterocycles. The van der Waals surface area contributed by atoms with Crippen molar-refractivity contribution >= 4 is 28.9 Å². The quantitative estimate of drug-likeness (QED) is 0.831. The number of fused-ring (bicyclic) bond motifs is 1. The van der Waals surface area contributed by atoms with Crippen molar-refractivity contribution in [3.05, 3.63) is 57.3 Å². The number of benzene rings is 2. The standard InChI is InChI=1S/C15H12Cl2FNO/c16-12-6-11(7-13(17)15(12)18)19-8-9-1-2-14-10(5-9)3-4-20-14/h1-2,5-7,19H,3-4,8H2. The summed E-state index contributed by atoms with van der Waals surface area (Å²) in [5, 5.41) is 3.22. The fourth-order valence-corrected chi connectivity index (χ4v) is 2.70. The molecule has 1 aliphatic rings. The molecule has 2 nitrogen and oxygen atoms in total. The minimum Gasteiger partial charge on any atom is -0.493 e. The fourth-order valence-electron chi connectivity index (χ4n) is 2.21. The molecule has 5 heteroatoms. The van der Waals surface area contributed by atoms with Gasteiger partial charge < -0.3 is 10.1 Å². The molecule has 0 atom stereocenters. The molecule has 2 aromatic rings. The lowest BCUT2D eigenvalue weighted by Gasteiger charge is -2.09. The van der Waals surface area contributed by atoms with Crippen LogP contribution in [0.5, 0.6) is 5.75 Å². The maximum atomic E-state index is 13.3. The largest absolute Gasteiger partial charge is 0.493 e. The molecule has 0 saturated heterocycles. The van der Waals surface area contributed by atoms with E-state index in [-0.39, 0.29) is 10.0 Å². The summed E-state index contributed by atoms with van der Waals surface area (Å²) in [5.41, 5.74) is 3.04. The molecule has 0 spiro atoms. The van der Waals surface area contributed by atoms with Crippen molar-refractivity contribution in [2.45, 2.75) is 13.0 Å². The minimum absolute atomic E-state index is 0.0161. The Balaban J connectivity index is 1.73. The highest BCUT2D eigenvalue weighted by atomic mass is 35.5. The fraction of sp³-hybridized carbons (Fsp3) is 0.200. The van der Waals surface area contributed by atoms with E-state index in [0.717, 1.165) is 24.3 Å². The summed E-state index contributed by atoms with van der Waals surface area (Å²) >= 11 is 11.5. The smallest absolute Gasteiger partial charge is 0.160 e. The van der Waals surface area contributed by atoms with Gasteiger partial charge in [-0.25, -0.2) is 4.39 Å². The zero-order chi connectivity index (χ0) is 14.1. The average molecular weight is 312 g/mol. The highest BCUT2D eigenvalue weighted by molar-refractivity contribution is 6.35. The second-order valence-corrected chi connectivity index (χ2v) is 5.46. The number of nitrogens with one attached hydrogen (secondary N) is 1. The van der Waals surface area contributed by atoms with Crippen molar-refractivity contribution in [1.82, 2.24) is 0 Å². The first kappa shape index (κ1) is 13.5. The number of hydrogen-bond acceptors (Lipinski definition) is 2. The van der Waals surface area contributed by atoms with Gasteiger partial charge in [-0.05, 0) is 29.3 Å². The highest BCUT2D eigenvalue weighted by Gasteiger charge is 2.12. The molecule has 0 radical (unpaired) electrons. The molecular weight excluding hydrogens is 300 g/mol. The molecule has 1 heterocycles. The van der Waals surface area contributed by atoms with Crippen molar-refractivity contribution in [2.24, 2.45) is 0 Å². The first-order valence-electron chi connectivity index (χ1n) is 6.26. The van der Waals surface area contributed by atoms with Gasteiger partial charge in [-0.15, -0.1) is 0 Å². The van der Waals surface area contributed by atoms with Gasteiger partial charge in [0.25, 0.3) is 0 Å². The van der Waals surface area contributed by atoms with Gasteiger partial charge in [0, 0.05) is 18.7 Å². The van der Waals surface area contributed by atoms with Crippen LogP contribution in [-0.4, -0.2) is 6.61 Å². The van der Waals surface area contributed by atoms with Gasteiger partial charge in [-0.3, -0.25) is 0 Å². The minimum atomic E-state index is -0.589. The summed E-state index contributed by atoms with van der Waals surface area (Å²) in [4.78, 5) is 0. The molecule has 2 aromatic carbocycles. The van der Waals surface area contributed by atoms with Crippen molar-refractivity contribution in [2.75, 3.05) is 11.9 Å². The number of anilines is 1. The van der Waals surface area contributed by atoms with E-state index in [9.17, 15) is 4.39 Å². The lowest BCUT2D eigenvalue weighted by atomic mass is 10.1. The van der Waals surface area contributed by atoms with Crippen molar-refractivity contribution < 1.29 is 9.13 Å². The molecule has 0 saturated carbocycles. The van der Waals surface area contributed by atoms with E-state index in [2.05, 4.69) is 11.4 Å². The van der Waals surface area contributed by atoms with Gasteiger partial charge in [0.15, 0.2) is 5.82 Å². The molecule has 104 valence electrons. The Labute approximate surface area is 126 Å². The van der Waals surface area contributed by atoms with Crippen LogP contribution in [0.15, 0.2) is 30.3 Å². The summed E-state index contributed by atoms with van der Waals surface area (Å²) < 4.78 is 18.8. The van der Waals surface area contributed by atoms with Crippen LogP contribution in [0.3, 0.4) is 0 Å². The normalized spacial score (nSPS) is 12.9. The Bertz CT molecular complexity index is 637. The van der Waals surface area contributed by atoms with Gasteiger partial charge in [0.2, 0.25) is 0 Å². The summed E-state index contributed by atoms with van der Waals surface area (Å²) in [7, 11) is 0. The monoisotopic (exact) mass is 311 g/mol. The second-order valence-electron chi connectivity index (χ2n) is 4.65. The first-order valence-corrected chi connectivity index (χ1v) is 7.02. The third kappa shape index (κ3) is 2.69. The Hall–Kier alpha value is -1.45. The Morgan fingerprint density at radius 2 is 1.90 bits per heavy atom. The molecule has 3 rings (SSSR count). The SMILES string of the molecule is Fc1c(Cl)cc(NCc2ccc3c(c2)CCO3)cc1Cl. The van der Waals surface area contributed by atoms with Crippen LogP contribution in [0.1, 0.15) is 11.1 Å². The van der Waals surface area contributed by atoms with E-state index in [4.69, 9.17) is 27.9 Å². The van der Waals surface area contributed by atoms with E-state index in [1.165, 1.54) is 17.7 Å². The van der Waals surface area contributed by atoms with Gasteiger partial charge >= 0.3 is 0 Å². The molecule has 1 N–H and O–H groups in total. The Kier molecular flexibility index (Phi) is 3.72. The molecule has 0 amide bonds. The summed E-state index contributed by atoms with van der Waals surface area (Å²) in [6, 6.07) is 9.15. The summed E-state index contributed by atoms with van der Waals surface area (Å²) in [6.45, 7) is 1.36. The molecule has 0 bridgehead atoms. The molecule has 0 unspecified atom stereocenters. The van der Waals surface area contributed by atoms with Gasteiger partial charge in [-0.2, -0.15) is 0 Å². The van der Waals surface area contributed by atoms with Crippen LogP contribution in [0, 0.1) is 5.82 Å². The van der Waals surface area contributed by atoms with E-state index >= 15 is 0 Å². The molecular formula is C15H12Cl2FNO. The molecule has 0 fully saturated rings. The Morgan fingerprint density at radius 3 is 2.65 bits per heavy atom. The zero-order valence-electron chi connectivity index (χ0n) is 10.6. The van der Waals surface area contributed by atoms with Gasteiger partial charge in [-0.1, -0.05) is 35.3 Å². The number of halogens is 3. The molecule has 20 heavy (non-hydrogen) atoms. The Morgan fingerprint density at radius 1 is 1.15 bits per heavy atom. The lowest BCUT2D eigenvalue weighted by Crippen LogP contribution is -2.00. The number of rotatable bonds is 3. The first-order chi connectivity index (χ1) is 9.63. The lowest BCUT2D eigenvalue weighted by molar-refractivity contribution is 0.357. The van der Waals surface area contributed by atoms with Crippen LogP contribution >= 0.6 is 23.2 Å². The van der Waals surface area contributed by atoms with Crippen molar-refractivity contribution in [3.8, 4) is 5.75 Å². The second kappa shape index (κ2) is 5.51. The van der Waals surface area contributed by atoms with Crippen molar-refractivity contribution in [1.29, 1.82) is 0 Å². The van der Waals surface area contributed by atoms with E-state index in [1.54, 1.807) is 0 Å². The molecule has 0 aliphatic carbocycles. The predicted octanol–water partition coefficient (Wildman–Crippen LogP) is 4.68. The maximum Gasteiger partial charge on any atom is 0.160 e. The maximum absolute atomic E-state index is 13.3. The summed E-state index contributed by atoms with van der Waals surface area (Å²) in [5.74, 6) is 0.371. The summed E-state index contributed by atoms with van der Waals surface area (Å²) in [6.07, 6.45) is 0.942. The van der Waals surface area contributed by atoms with Gasteiger partial charge in [0.05, 0.1) is 16.7 Å². The van der Waals surface area contributed by atoms with Crippen LogP contribution in [0.25, 0.3) is 0 Å². The van der Waals surface area contributed by atoms with Crippen LogP contribution in [0.4, 0.5) is 10.1 Å². The third-order valence-corrected chi connectivity index (χ3v) is 3.78. The van der Waals surface area contributed by atoms with E-state index < -0.39 is 5.82 Å². The predicted molar refractivity (Wildman–Crippen MR) is 79.4 cm³/mol. The van der Waals surface area contributed by atoms with E-state index in [0.29, 0.717) is 12.2 Å². The van der Waals surface area contributed by atoms with Crippen molar-refractivity contribution in [3.63, 3.8) is 0 Å². The van der Waals surface area contributed by atoms with Crippen LogP contribution < -0.4 is 10.1 Å². The third-order valence-electron chi connectivity index (χ3n) is 3.23. The number of hydrogen-bond donors (Lipinski definition) is 1. The van der Waals surface area contributed by atoms with Crippen LogP contribution in [0.2, 0.25) is 10.0 Å². The number of ether oxygens (including phenoxy) is 1. The zero-order valence-corrected chi connectivity index (χ0v) is 12.1.